The molecule has 2 fully saturated rings. The highest BCUT2D eigenvalue weighted by molar-refractivity contribution is 5.43. The van der Waals surface area contributed by atoms with E-state index in [1.807, 2.05) is 19.1 Å². The van der Waals surface area contributed by atoms with Crippen LogP contribution in [0.25, 0.3) is 0 Å². The van der Waals surface area contributed by atoms with Gasteiger partial charge in [-0.05, 0) is 31.0 Å². The van der Waals surface area contributed by atoms with E-state index in [0.29, 0.717) is 18.4 Å². The summed E-state index contributed by atoms with van der Waals surface area (Å²) >= 11 is 0. The van der Waals surface area contributed by atoms with Gasteiger partial charge in [-0.25, -0.2) is 0 Å². The summed E-state index contributed by atoms with van der Waals surface area (Å²) in [7, 11) is 0. The Labute approximate surface area is 147 Å². The molecule has 1 aromatic rings. The standard InChI is InChI=1S/C18H27F2N3O2/c1-2-24-17-11-14(3-4-16(17)25-18(19)20)12-22-8-5-15(13-22)23-9-6-21-7-10-23/h3-4,11,15,18,21H,2,5-10,12-13H2,1H3. The summed E-state index contributed by atoms with van der Waals surface area (Å²) < 4.78 is 35.0. The van der Waals surface area contributed by atoms with Crippen LogP contribution in [-0.2, 0) is 6.54 Å². The van der Waals surface area contributed by atoms with Gasteiger partial charge < -0.3 is 14.8 Å². The Kier molecular flexibility index (Phi) is 6.45. The maximum atomic E-state index is 12.5. The minimum absolute atomic E-state index is 0.0979. The number of nitrogens with zero attached hydrogens (tertiary/aromatic N) is 2. The van der Waals surface area contributed by atoms with E-state index in [4.69, 9.17) is 4.74 Å². The Morgan fingerprint density at radius 3 is 2.72 bits per heavy atom. The van der Waals surface area contributed by atoms with E-state index in [-0.39, 0.29) is 5.75 Å². The van der Waals surface area contributed by atoms with Crippen molar-refractivity contribution in [3.05, 3.63) is 23.8 Å². The highest BCUT2D eigenvalue weighted by Gasteiger charge is 2.28. The van der Waals surface area contributed by atoms with Gasteiger partial charge in [-0.2, -0.15) is 8.78 Å². The van der Waals surface area contributed by atoms with E-state index in [0.717, 1.165) is 51.4 Å². The first kappa shape index (κ1) is 18.4. The van der Waals surface area contributed by atoms with Crippen molar-refractivity contribution in [2.24, 2.45) is 0 Å². The molecule has 2 aliphatic rings. The van der Waals surface area contributed by atoms with Crippen LogP contribution >= 0.6 is 0 Å². The summed E-state index contributed by atoms with van der Waals surface area (Å²) in [6.07, 6.45) is 1.19. The zero-order valence-electron chi connectivity index (χ0n) is 14.7. The number of benzene rings is 1. The Hall–Kier alpha value is -1.44. The van der Waals surface area contributed by atoms with Crippen molar-refractivity contribution in [3.63, 3.8) is 0 Å². The number of nitrogens with one attached hydrogen (secondary N) is 1. The van der Waals surface area contributed by atoms with E-state index in [2.05, 4.69) is 19.9 Å². The normalized spacial score (nSPS) is 22.5. The lowest BCUT2D eigenvalue weighted by molar-refractivity contribution is -0.0514. The van der Waals surface area contributed by atoms with Crippen LogP contribution in [-0.4, -0.2) is 68.3 Å². The van der Waals surface area contributed by atoms with Crippen LogP contribution in [0.5, 0.6) is 11.5 Å². The molecule has 0 spiro atoms. The Balaban J connectivity index is 1.59. The number of piperazine rings is 1. The Morgan fingerprint density at radius 2 is 2.00 bits per heavy atom. The van der Waals surface area contributed by atoms with Crippen LogP contribution in [0.3, 0.4) is 0 Å². The van der Waals surface area contributed by atoms with E-state index in [1.165, 1.54) is 6.42 Å². The molecule has 0 radical (unpaired) electrons. The maximum absolute atomic E-state index is 12.5. The van der Waals surface area contributed by atoms with Gasteiger partial charge in [-0.3, -0.25) is 9.80 Å². The average Bonchev–Trinajstić information content (AvgIpc) is 3.06. The molecule has 2 heterocycles. The largest absolute Gasteiger partial charge is 0.490 e. The van der Waals surface area contributed by atoms with Crippen LogP contribution in [0, 0.1) is 0 Å². The molecule has 0 bridgehead atoms. The number of hydrogen-bond donors (Lipinski definition) is 1. The van der Waals surface area contributed by atoms with E-state index in [9.17, 15) is 8.78 Å². The molecule has 1 atom stereocenters. The van der Waals surface area contributed by atoms with E-state index in [1.54, 1.807) is 6.07 Å². The van der Waals surface area contributed by atoms with Crippen molar-refractivity contribution in [3.8, 4) is 11.5 Å². The van der Waals surface area contributed by atoms with Gasteiger partial charge in [0.2, 0.25) is 0 Å². The van der Waals surface area contributed by atoms with Crippen LogP contribution in [0.1, 0.15) is 18.9 Å². The fourth-order valence-electron chi connectivity index (χ4n) is 3.67. The Bertz CT molecular complexity index is 553. The second-order valence-electron chi connectivity index (χ2n) is 6.56. The number of ether oxygens (including phenoxy) is 2. The van der Waals surface area contributed by atoms with Crippen molar-refractivity contribution in [1.29, 1.82) is 0 Å². The molecule has 2 saturated heterocycles. The fourth-order valence-corrected chi connectivity index (χ4v) is 3.67. The molecule has 7 heteroatoms. The van der Waals surface area contributed by atoms with Crippen LogP contribution < -0.4 is 14.8 Å². The number of hydrogen-bond acceptors (Lipinski definition) is 5. The minimum Gasteiger partial charge on any atom is -0.490 e. The van der Waals surface area contributed by atoms with Crippen LogP contribution in [0.4, 0.5) is 8.78 Å². The molecule has 3 rings (SSSR count). The SMILES string of the molecule is CCOc1cc(CN2CCC(N3CCNCC3)C2)ccc1OC(F)F. The summed E-state index contributed by atoms with van der Waals surface area (Å²) in [4.78, 5) is 4.99. The number of halogens is 2. The lowest BCUT2D eigenvalue weighted by Gasteiger charge is -2.32. The maximum Gasteiger partial charge on any atom is 0.387 e. The van der Waals surface area contributed by atoms with Crippen molar-refractivity contribution in [1.82, 2.24) is 15.1 Å². The first-order valence-corrected chi connectivity index (χ1v) is 9.03. The zero-order chi connectivity index (χ0) is 17.6. The molecule has 0 aromatic heterocycles. The number of alkyl halides is 2. The molecule has 1 N–H and O–H groups in total. The summed E-state index contributed by atoms with van der Waals surface area (Å²) in [5.41, 5.74) is 1.06. The second kappa shape index (κ2) is 8.78. The predicted molar refractivity (Wildman–Crippen MR) is 92.4 cm³/mol. The molecular formula is C18H27F2N3O2. The average molecular weight is 355 g/mol. The highest BCUT2D eigenvalue weighted by atomic mass is 19.3. The predicted octanol–water partition coefficient (Wildman–Crippen LogP) is 2.17. The van der Waals surface area contributed by atoms with E-state index < -0.39 is 6.61 Å². The minimum atomic E-state index is -2.84. The van der Waals surface area contributed by atoms with Gasteiger partial charge in [-0.15, -0.1) is 0 Å². The third-order valence-electron chi connectivity index (χ3n) is 4.85. The van der Waals surface area contributed by atoms with Crippen molar-refractivity contribution >= 4 is 0 Å². The molecule has 5 nitrogen and oxygen atoms in total. The summed E-state index contributed by atoms with van der Waals surface area (Å²) in [6.45, 7) is 6.70. The van der Waals surface area contributed by atoms with Gasteiger partial charge in [0, 0.05) is 51.9 Å². The highest BCUT2D eigenvalue weighted by Crippen LogP contribution is 2.31. The second-order valence-corrected chi connectivity index (χ2v) is 6.56. The summed E-state index contributed by atoms with van der Waals surface area (Å²) in [6, 6.07) is 5.86. The lowest BCUT2D eigenvalue weighted by atomic mass is 10.2. The number of likely N-dealkylation sites (tertiary alicyclic amines) is 1. The smallest absolute Gasteiger partial charge is 0.387 e. The zero-order valence-corrected chi connectivity index (χ0v) is 14.7. The topological polar surface area (TPSA) is 37.0 Å². The third kappa shape index (κ3) is 5.03. The summed E-state index contributed by atoms with van der Waals surface area (Å²) in [5, 5.41) is 3.39. The van der Waals surface area contributed by atoms with Gasteiger partial charge in [0.25, 0.3) is 0 Å². The first-order valence-electron chi connectivity index (χ1n) is 9.03. The van der Waals surface area contributed by atoms with Crippen molar-refractivity contribution in [2.45, 2.75) is 32.5 Å². The molecule has 1 aromatic carbocycles. The van der Waals surface area contributed by atoms with Gasteiger partial charge >= 0.3 is 6.61 Å². The fraction of sp³-hybridized carbons (Fsp3) is 0.667. The molecule has 25 heavy (non-hydrogen) atoms. The Morgan fingerprint density at radius 1 is 1.20 bits per heavy atom. The number of rotatable bonds is 7. The van der Waals surface area contributed by atoms with Gasteiger partial charge in [-0.1, -0.05) is 6.07 Å². The quantitative estimate of drug-likeness (QED) is 0.811. The summed E-state index contributed by atoms with van der Waals surface area (Å²) in [5.74, 6) is 0.485. The van der Waals surface area contributed by atoms with Crippen molar-refractivity contribution in [2.75, 3.05) is 45.9 Å². The monoisotopic (exact) mass is 355 g/mol. The van der Waals surface area contributed by atoms with Gasteiger partial charge in [0.05, 0.1) is 6.61 Å². The first-order chi connectivity index (χ1) is 12.2. The van der Waals surface area contributed by atoms with Gasteiger partial charge in [0.15, 0.2) is 11.5 Å². The molecule has 1 unspecified atom stereocenters. The van der Waals surface area contributed by atoms with Crippen LogP contribution in [0.2, 0.25) is 0 Å². The van der Waals surface area contributed by atoms with Crippen LogP contribution in [0.15, 0.2) is 18.2 Å². The van der Waals surface area contributed by atoms with Crippen molar-refractivity contribution < 1.29 is 18.3 Å². The molecule has 140 valence electrons. The molecule has 2 aliphatic heterocycles. The van der Waals surface area contributed by atoms with Gasteiger partial charge in [0.1, 0.15) is 0 Å². The molecule has 0 aliphatic carbocycles. The molecule has 0 saturated carbocycles. The third-order valence-corrected chi connectivity index (χ3v) is 4.85. The lowest BCUT2D eigenvalue weighted by Crippen LogP contribution is -2.49. The van der Waals surface area contributed by atoms with E-state index >= 15 is 0 Å². The molecule has 0 amide bonds. The molecular weight excluding hydrogens is 328 g/mol.